The summed E-state index contributed by atoms with van der Waals surface area (Å²) in [7, 11) is 5.43. The summed E-state index contributed by atoms with van der Waals surface area (Å²) in [4.78, 5) is 7.28. The maximum atomic E-state index is 5.48. The molecule has 5 rings (SSSR count). The standard InChI is InChI=1S/C26H31N5O2/c1-30(16-15-18-13-14-22(32-2)23(17-18)33-3)26-27-21-12-8-7-11-20(21)25-29-28-24(31(25)26)19-9-5-4-6-10-19/h7-8,11-14,17,19H,4-6,9-10,15-16H2,1-3H3. The van der Waals surface area contributed by atoms with Crippen LogP contribution in [0.1, 0.15) is 49.4 Å². The molecule has 2 aromatic heterocycles. The van der Waals surface area contributed by atoms with Crippen molar-refractivity contribution in [1.29, 1.82) is 0 Å². The number of methoxy groups -OCH3 is 2. The van der Waals surface area contributed by atoms with Crippen molar-refractivity contribution in [1.82, 2.24) is 19.6 Å². The molecule has 1 aliphatic carbocycles. The van der Waals surface area contributed by atoms with Crippen LogP contribution in [0.25, 0.3) is 16.6 Å². The second-order valence-electron chi connectivity index (χ2n) is 8.84. The van der Waals surface area contributed by atoms with Gasteiger partial charge in [-0.25, -0.2) is 9.38 Å². The normalized spacial score (nSPS) is 14.6. The molecule has 4 aromatic rings. The summed E-state index contributed by atoms with van der Waals surface area (Å²) in [5.74, 6) is 3.89. The second-order valence-corrected chi connectivity index (χ2v) is 8.84. The lowest BCUT2D eigenvalue weighted by Gasteiger charge is -2.24. The molecule has 1 fully saturated rings. The third kappa shape index (κ3) is 4.08. The van der Waals surface area contributed by atoms with Gasteiger partial charge in [0.2, 0.25) is 5.95 Å². The molecule has 7 nitrogen and oxygen atoms in total. The van der Waals surface area contributed by atoms with Crippen molar-refractivity contribution in [2.24, 2.45) is 0 Å². The Hall–Kier alpha value is -3.35. The van der Waals surface area contributed by atoms with Crippen LogP contribution < -0.4 is 14.4 Å². The van der Waals surface area contributed by atoms with Crippen molar-refractivity contribution in [3.05, 3.63) is 53.9 Å². The lowest BCUT2D eigenvalue weighted by Crippen LogP contribution is -2.25. The topological polar surface area (TPSA) is 64.8 Å². The van der Waals surface area contributed by atoms with Gasteiger partial charge in [-0.05, 0) is 49.1 Å². The van der Waals surface area contributed by atoms with Gasteiger partial charge in [-0.1, -0.05) is 37.5 Å². The van der Waals surface area contributed by atoms with Gasteiger partial charge in [-0.3, -0.25) is 0 Å². The fourth-order valence-corrected chi connectivity index (χ4v) is 4.90. The summed E-state index contributed by atoms with van der Waals surface area (Å²) >= 11 is 0. The fraction of sp³-hybridized carbons (Fsp3) is 0.423. The number of fused-ring (bicyclic) bond motifs is 3. The molecule has 0 saturated heterocycles. The first kappa shape index (κ1) is 21.5. The fourth-order valence-electron chi connectivity index (χ4n) is 4.90. The predicted octanol–water partition coefficient (Wildman–Crippen LogP) is 5.02. The molecule has 1 aliphatic rings. The largest absolute Gasteiger partial charge is 0.493 e. The minimum atomic E-state index is 0.440. The molecule has 33 heavy (non-hydrogen) atoms. The highest BCUT2D eigenvalue weighted by atomic mass is 16.5. The molecule has 2 heterocycles. The SMILES string of the molecule is COc1ccc(CCN(C)c2nc3ccccc3c3nnc(C4CCCCC4)n23)cc1OC. The zero-order chi connectivity index (χ0) is 22.8. The Balaban J connectivity index is 1.51. The van der Waals surface area contributed by atoms with Crippen LogP contribution in [0.4, 0.5) is 5.95 Å². The van der Waals surface area contributed by atoms with Crippen molar-refractivity contribution >= 4 is 22.5 Å². The quantitative estimate of drug-likeness (QED) is 0.398. The van der Waals surface area contributed by atoms with Gasteiger partial charge in [-0.2, -0.15) is 0 Å². The number of para-hydroxylation sites is 1. The smallest absolute Gasteiger partial charge is 0.213 e. The summed E-state index contributed by atoms with van der Waals surface area (Å²) in [6.07, 6.45) is 7.02. The number of rotatable bonds is 7. The number of ether oxygens (including phenoxy) is 2. The second kappa shape index (κ2) is 9.25. The van der Waals surface area contributed by atoms with Crippen LogP contribution in [-0.4, -0.2) is 47.4 Å². The molecule has 172 valence electrons. The minimum Gasteiger partial charge on any atom is -0.493 e. The number of benzene rings is 2. The molecule has 0 radical (unpaired) electrons. The maximum Gasteiger partial charge on any atom is 0.213 e. The van der Waals surface area contributed by atoms with Gasteiger partial charge >= 0.3 is 0 Å². The van der Waals surface area contributed by atoms with Gasteiger partial charge in [0.15, 0.2) is 17.1 Å². The van der Waals surface area contributed by atoms with E-state index in [1.165, 1.54) is 37.7 Å². The van der Waals surface area contributed by atoms with Crippen LogP contribution >= 0.6 is 0 Å². The van der Waals surface area contributed by atoms with Gasteiger partial charge in [-0.15, -0.1) is 10.2 Å². The van der Waals surface area contributed by atoms with E-state index in [9.17, 15) is 0 Å². The molecule has 0 spiro atoms. The van der Waals surface area contributed by atoms with E-state index < -0.39 is 0 Å². The van der Waals surface area contributed by atoms with Crippen molar-refractivity contribution < 1.29 is 9.47 Å². The Morgan fingerprint density at radius 1 is 0.970 bits per heavy atom. The van der Waals surface area contributed by atoms with Gasteiger partial charge < -0.3 is 14.4 Å². The number of anilines is 1. The van der Waals surface area contributed by atoms with E-state index in [1.54, 1.807) is 14.2 Å². The van der Waals surface area contributed by atoms with E-state index in [1.807, 2.05) is 24.3 Å². The highest BCUT2D eigenvalue weighted by Crippen LogP contribution is 2.34. The van der Waals surface area contributed by atoms with Crippen molar-refractivity contribution in [3.8, 4) is 11.5 Å². The molecule has 0 aliphatic heterocycles. The van der Waals surface area contributed by atoms with Crippen molar-refractivity contribution in [2.45, 2.75) is 44.4 Å². The summed E-state index contributed by atoms with van der Waals surface area (Å²) < 4.78 is 13.1. The van der Waals surface area contributed by atoms with E-state index >= 15 is 0 Å². The molecule has 0 N–H and O–H groups in total. The first-order chi connectivity index (χ1) is 16.2. The molecule has 7 heteroatoms. The van der Waals surface area contributed by atoms with Crippen LogP contribution in [0.15, 0.2) is 42.5 Å². The summed E-state index contributed by atoms with van der Waals surface area (Å²) in [5, 5.41) is 10.4. The monoisotopic (exact) mass is 445 g/mol. The van der Waals surface area contributed by atoms with Crippen molar-refractivity contribution in [2.75, 3.05) is 32.7 Å². The van der Waals surface area contributed by atoms with E-state index in [2.05, 4.69) is 44.7 Å². The van der Waals surface area contributed by atoms with Crippen LogP contribution in [-0.2, 0) is 6.42 Å². The Labute approximate surface area is 194 Å². The Morgan fingerprint density at radius 2 is 1.76 bits per heavy atom. The number of hydrogen-bond acceptors (Lipinski definition) is 6. The molecule has 0 bridgehead atoms. The molecule has 0 atom stereocenters. The van der Waals surface area contributed by atoms with Crippen LogP contribution in [0, 0.1) is 0 Å². The lowest BCUT2D eigenvalue weighted by atomic mass is 9.89. The maximum absolute atomic E-state index is 5.48. The third-order valence-electron chi connectivity index (χ3n) is 6.75. The predicted molar refractivity (Wildman–Crippen MR) is 131 cm³/mol. The van der Waals surface area contributed by atoms with E-state index in [-0.39, 0.29) is 0 Å². The van der Waals surface area contributed by atoms with Crippen LogP contribution in [0.2, 0.25) is 0 Å². The average molecular weight is 446 g/mol. The van der Waals surface area contributed by atoms with E-state index in [0.717, 1.165) is 52.8 Å². The zero-order valence-corrected chi connectivity index (χ0v) is 19.6. The Bertz CT molecular complexity index is 1260. The summed E-state index contributed by atoms with van der Waals surface area (Å²) in [6, 6.07) is 14.3. The summed E-state index contributed by atoms with van der Waals surface area (Å²) in [6.45, 7) is 0.804. The Kier molecular flexibility index (Phi) is 6.03. The number of hydrogen-bond donors (Lipinski definition) is 0. The van der Waals surface area contributed by atoms with E-state index in [4.69, 9.17) is 14.5 Å². The summed E-state index contributed by atoms with van der Waals surface area (Å²) in [5.41, 5.74) is 3.03. The minimum absolute atomic E-state index is 0.440. The van der Waals surface area contributed by atoms with Gasteiger partial charge in [0.25, 0.3) is 0 Å². The number of aromatic nitrogens is 4. The van der Waals surface area contributed by atoms with Gasteiger partial charge in [0.1, 0.15) is 5.82 Å². The number of nitrogens with zero attached hydrogens (tertiary/aromatic N) is 5. The molecule has 0 amide bonds. The van der Waals surface area contributed by atoms with Gasteiger partial charge in [0, 0.05) is 24.9 Å². The molecular weight excluding hydrogens is 414 g/mol. The first-order valence-corrected chi connectivity index (χ1v) is 11.8. The highest BCUT2D eigenvalue weighted by molar-refractivity contribution is 5.92. The van der Waals surface area contributed by atoms with Crippen LogP contribution in [0.3, 0.4) is 0 Å². The zero-order valence-electron chi connectivity index (χ0n) is 19.6. The van der Waals surface area contributed by atoms with Gasteiger partial charge in [0.05, 0.1) is 19.7 Å². The molecule has 2 aromatic carbocycles. The first-order valence-electron chi connectivity index (χ1n) is 11.8. The molecule has 1 saturated carbocycles. The molecular formula is C26H31N5O2. The highest BCUT2D eigenvalue weighted by Gasteiger charge is 2.25. The van der Waals surface area contributed by atoms with Crippen molar-refractivity contribution in [3.63, 3.8) is 0 Å². The van der Waals surface area contributed by atoms with Crippen LogP contribution in [0.5, 0.6) is 11.5 Å². The Morgan fingerprint density at radius 3 is 2.55 bits per heavy atom. The third-order valence-corrected chi connectivity index (χ3v) is 6.75. The molecule has 0 unspecified atom stereocenters. The number of likely N-dealkylation sites (N-methyl/N-ethyl adjacent to an activating group) is 1. The average Bonchev–Trinajstić information content (AvgIpc) is 3.32. The van der Waals surface area contributed by atoms with E-state index in [0.29, 0.717) is 5.92 Å². The lowest BCUT2D eigenvalue weighted by molar-refractivity contribution is 0.354.